The van der Waals surface area contributed by atoms with Crippen molar-refractivity contribution < 1.29 is 15.0 Å². The van der Waals surface area contributed by atoms with Gasteiger partial charge in [-0.3, -0.25) is 0 Å². The molecule has 53 valence electrons. The lowest BCUT2D eigenvalue weighted by Gasteiger charge is -1.98. The van der Waals surface area contributed by atoms with Crippen LogP contribution < -0.4 is 4.90 Å². The van der Waals surface area contributed by atoms with Crippen molar-refractivity contribution in [1.82, 2.24) is 4.90 Å². The van der Waals surface area contributed by atoms with E-state index in [4.69, 9.17) is 10.2 Å². The fourth-order valence-electron chi connectivity index (χ4n) is 0.474. The molecular weight excluding hydrogens is 122 g/mol. The van der Waals surface area contributed by atoms with Gasteiger partial charge in [0.05, 0.1) is 13.2 Å². The number of carbonyl (C=O) groups excluding carboxylic acids is 1. The first-order chi connectivity index (χ1) is 4.35. The summed E-state index contributed by atoms with van der Waals surface area (Å²) in [6.45, 7) is 0.478. The number of aliphatic hydroxyl groups excluding tert-OH is 2. The molecule has 1 radical (unpaired) electrons. The first-order valence-corrected chi connectivity index (χ1v) is 2.76. The first kappa shape index (κ1) is 8.55. The molecule has 1 amide bonds. The van der Waals surface area contributed by atoms with Crippen molar-refractivity contribution >= 4 is 6.41 Å². The minimum Gasteiger partial charge on any atom is -0.390 e. The summed E-state index contributed by atoms with van der Waals surface area (Å²) in [6.07, 6.45) is 0.604. The van der Waals surface area contributed by atoms with Gasteiger partial charge in [0.2, 0.25) is 0 Å². The molecule has 0 aliphatic rings. The third-order valence-electron chi connectivity index (χ3n) is 0.923. The minimum absolute atomic E-state index is 0.0568. The maximum Gasteiger partial charge on any atom is 0.349 e. The molecule has 0 spiro atoms. The Hall–Kier alpha value is -0.450. The van der Waals surface area contributed by atoms with Crippen LogP contribution in [0.15, 0.2) is 0 Å². The Balaban J connectivity index is 3.29. The van der Waals surface area contributed by atoms with Crippen LogP contribution in [0.25, 0.3) is 0 Å². The average molecular weight is 133 g/mol. The monoisotopic (exact) mass is 133 g/mol. The van der Waals surface area contributed by atoms with Crippen molar-refractivity contribution in [3.63, 3.8) is 0 Å². The summed E-state index contributed by atoms with van der Waals surface area (Å²) >= 11 is 0. The highest BCUT2D eigenvalue weighted by Crippen LogP contribution is 1.73. The lowest BCUT2D eigenvalue weighted by atomic mass is 10.5. The van der Waals surface area contributed by atoms with Gasteiger partial charge in [0, 0.05) is 0 Å². The summed E-state index contributed by atoms with van der Waals surface area (Å²) in [7, 11) is 0. The molecule has 0 aliphatic carbocycles. The average Bonchev–Trinajstić information content (AvgIpc) is 1.88. The van der Waals surface area contributed by atoms with Crippen molar-refractivity contribution in [2.75, 3.05) is 26.3 Å². The summed E-state index contributed by atoms with van der Waals surface area (Å²) in [5.41, 5.74) is 0. The topological polar surface area (TPSA) is 63.4 Å². The lowest BCUT2D eigenvalue weighted by molar-refractivity contribution is -0.114. The minimum atomic E-state index is -0.0568. The standard InChI is InChI=1S/C5H11NO3/c7-3-1-6(5-9)2-4-8/h5,7-8H,1-4H2/q+1. The van der Waals surface area contributed by atoms with E-state index in [-0.39, 0.29) is 13.2 Å². The van der Waals surface area contributed by atoms with E-state index in [1.165, 1.54) is 4.90 Å². The van der Waals surface area contributed by atoms with Gasteiger partial charge < -0.3 is 10.2 Å². The molecule has 0 rings (SSSR count). The predicted octanol–water partition coefficient (Wildman–Crippen LogP) is -1.73. The molecule has 0 atom stereocenters. The van der Waals surface area contributed by atoms with Crippen molar-refractivity contribution in [3.8, 4) is 0 Å². The van der Waals surface area contributed by atoms with E-state index in [1.54, 1.807) is 0 Å². The number of amides is 1. The van der Waals surface area contributed by atoms with Crippen LogP contribution in [0.5, 0.6) is 0 Å². The third-order valence-corrected chi connectivity index (χ3v) is 0.923. The molecule has 0 fully saturated rings. The summed E-state index contributed by atoms with van der Waals surface area (Å²) in [5, 5.41) is 16.6. The second kappa shape index (κ2) is 5.68. The number of hydrogen-bond donors (Lipinski definition) is 2. The van der Waals surface area contributed by atoms with Crippen molar-refractivity contribution in [2.24, 2.45) is 0 Å². The van der Waals surface area contributed by atoms with Gasteiger partial charge in [0.15, 0.2) is 13.1 Å². The highest BCUT2D eigenvalue weighted by Gasteiger charge is 2.09. The Morgan fingerprint density at radius 2 is 1.67 bits per heavy atom. The van der Waals surface area contributed by atoms with Crippen LogP contribution >= 0.6 is 0 Å². The van der Waals surface area contributed by atoms with Gasteiger partial charge in [-0.1, -0.05) is 0 Å². The summed E-state index contributed by atoms with van der Waals surface area (Å²) in [6, 6.07) is 0. The van der Waals surface area contributed by atoms with Crippen LogP contribution in [0.1, 0.15) is 0 Å². The highest BCUT2D eigenvalue weighted by atomic mass is 16.3. The summed E-state index contributed by atoms with van der Waals surface area (Å²) < 4.78 is 0. The molecular formula is C5H11NO3+. The van der Waals surface area contributed by atoms with E-state index in [2.05, 4.69) is 0 Å². The Kier molecular flexibility index (Phi) is 5.40. The SMILES string of the molecule is O=C[N+](CCO)CCO. The zero-order chi connectivity index (χ0) is 7.11. The third kappa shape index (κ3) is 4.08. The molecule has 0 aromatic heterocycles. The van der Waals surface area contributed by atoms with Gasteiger partial charge >= 0.3 is 6.41 Å². The Morgan fingerprint density at radius 3 is 1.89 bits per heavy atom. The van der Waals surface area contributed by atoms with Crippen LogP contribution in [-0.4, -0.2) is 42.9 Å². The molecule has 0 aromatic rings. The Labute approximate surface area is 53.7 Å². The fraction of sp³-hybridized carbons (Fsp3) is 0.800. The van der Waals surface area contributed by atoms with Crippen molar-refractivity contribution in [2.45, 2.75) is 0 Å². The zero-order valence-corrected chi connectivity index (χ0v) is 5.16. The van der Waals surface area contributed by atoms with Gasteiger partial charge in [-0.05, 0) is 0 Å². The number of rotatable bonds is 5. The van der Waals surface area contributed by atoms with E-state index in [9.17, 15) is 4.79 Å². The van der Waals surface area contributed by atoms with Gasteiger partial charge in [0.25, 0.3) is 0 Å². The lowest BCUT2D eigenvalue weighted by Crippen LogP contribution is -2.34. The molecule has 4 nitrogen and oxygen atoms in total. The number of hydrogen-bond acceptors (Lipinski definition) is 3. The summed E-state index contributed by atoms with van der Waals surface area (Å²) in [4.78, 5) is 11.3. The van der Waals surface area contributed by atoms with E-state index in [0.29, 0.717) is 19.5 Å². The predicted molar refractivity (Wildman–Crippen MR) is 32.1 cm³/mol. The molecule has 0 saturated heterocycles. The quantitative estimate of drug-likeness (QED) is 0.346. The number of carbonyl (C=O) groups is 1. The van der Waals surface area contributed by atoms with Crippen LogP contribution in [0.3, 0.4) is 0 Å². The highest BCUT2D eigenvalue weighted by molar-refractivity contribution is 5.50. The van der Waals surface area contributed by atoms with Gasteiger partial charge in [0.1, 0.15) is 0 Å². The normalized spacial score (nSPS) is 10.1. The molecule has 0 unspecified atom stereocenters. The van der Waals surface area contributed by atoms with Gasteiger partial charge in [-0.15, -0.1) is 4.90 Å². The maximum atomic E-state index is 9.99. The molecule has 0 heterocycles. The van der Waals surface area contributed by atoms with Gasteiger partial charge in [-0.2, -0.15) is 0 Å². The summed E-state index contributed by atoms with van der Waals surface area (Å²) in [5.74, 6) is 0. The van der Waals surface area contributed by atoms with E-state index < -0.39 is 0 Å². The first-order valence-electron chi connectivity index (χ1n) is 2.76. The second-order valence-electron chi connectivity index (χ2n) is 1.59. The molecule has 0 saturated carbocycles. The van der Waals surface area contributed by atoms with Crippen LogP contribution in [-0.2, 0) is 4.79 Å². The molecule has 2 N–H and O–H groups in total. The number of nitrogens with zero attached hydrogens (tertiary/aromatic N) is 1. The van der Waals surface area contributed by atoms with Crippen molar-refractivity contribution in [3.05, 3.63) is 0 Å². The number of aliphatic hydroxyl groups is 2. The van der Waals surface area contributed by atoms with Crippen LogP contribution in [0.4, 0.5) is 0 Å². The Morgan fingerprint density at radius 1 is 1.22 bits per heavy atom. The Bertz CT molecular complexity index is 70.6. The molecule has 0 aliphatic heterocycles. The van der Waals surface area contributed by atoms with Crippen LogP contribution in [0, 0.1) is 0 Å². The van der Waals surface area contributed by atoms with E-state index >= 15 is 0 Å². The molecule has 0 aromatic carbocycles. The molecule has 9 heavy (non-hydrogen) atoms. The second-order valence-corrected chi connectivity index (χ2v) is 1.59. The maximum absolute atomic E-state index is 9.99. The van der Waals surface area contributed by atoms with Crippen molar-refractivity contribution in [1.29, 1.82) is 0 Å². The smallest absolute Gasteiger partial charge is 0.349 e. The largest absolute Gasteiger partial charge is 0.390 e. The molecule has 4 heteroatoms. The van der Waals surface area contributed by atoms with Crippen LogP contribution in [0.2, 0.25) is 0 Å². The van der Waals surface area contributed by atoms with E-state index in [1.807, 2.05) is 0 Å². The van der Waals surface area contributed by atoms with E-state index in [0.717, 1.165) is 0 Å². The fourth-order valence-corrected chi connectivity index (χ4v) is 0.474. The molecule has 0 bridgehead atoms. The zero-order valence-electron chi connectivity index (χ0n) is 5.16. The van der Waals surface area contributed by atoms with Gasteiger partial charge in [-0.25, -0.2) is 4.79 Å².